The molecule has 0 aliphatic carbocycles. The van der Waals surface area contributed by atoms with Crippen LogP contribution in [-0.2, 0) is 13.5 Å². The predicted octanol–water partition coefficient (Wildman–Crippen LogP) is 1.98. The number of Topliss-reactive ketones (excluding diaryl/α,β-unsaturated/α-hetero) is 1. The fourth-order valence-corrected chi connectivity index (χ4v) is 2.23. The Balaban J connectivity index is 1.93. The molecule has 0 aliphatic rings. The summed E-state index contributed by atoms with van der Waals surface area (Å²) in [6.45, 7) is 0. The van der Waals surface area contributed by atoms with E-state index in [1.54, 1.807) is 16.8 Å². The number of ketones is 1. The first-order chi connectivity index (χ1) is 9.65. The molecule has 2 aromatic heterocycles. The minimum Gasteiger partial charge on any atom is -0.397 e. The van der Waals surface area contributed by atoms with E-state index in [1.807, 2.05) is 31.3 Å². The van der Waals surface area contributed by atoms with E-state index in [4.69, 9.17) is 5.73 Å². The zero-order valence-corrected chi connectivity index (χ0v) is 11.1. The summed E-state index contributed by atoms with van der Waals surface area (Å²) in [6.07, 6.45) is 1.72. The van der Waals surface area contributed by atoms with Gasteiger partial charge in [0, 0.05) is 12.4 Å². The summed E-state index contributed by atoms with van der Waals surface area (Å²) in [5.41, 5.74) is 8.31. The van der Waals surface area contributed by atoms with Crippen molar-refractivity contribution in [2.45, 2.75) is 6.42 Å². The summed E-state index contributed by atoms with van der Waals surface area (Å²) in [6, 6.07) is 11.2. The van der Waals surface area contributed by atoms with Crippen molar-refractivity contribution >= 4 is 22.4 Å². The lowest BCUT2D eigenvalue weighted by Gasteiger charge is -1.99. The molecule has 0 bridgehead atoms. The van der Waals surface area contributed by atoms with Gasteiger partial charge in [0.2, 0.25) is 0 Å². The molecule has 100 valence electrons. The van der Waals surface area contributed by atoms with Gasteiger partial charge < -0.3 is 5.73 Å². The number of nitrogens with two attached hydrogens (primary N) is 1. The average Bonchev–Trinajstić information content (AvgIpc) is 2.77. The van der Waals surface area contributed by atoms with Gasteiger partial charge in [0.05, 0.1) is 29.5 Å². The Morgan fingerprint density at radius 1 is 1.25 bits per heavy atom. The van der Waals surface area contributed by atoms with Gasteiger partial charge in [-0.15, -0.1) is 0 Å². The van der Waals surface area contributed by atoms with Crippen LogP contribution < -0.4 is 5.73 Å². The zero-order chi connectivity index (χ0) is 14.1. The number of aryl methyl sites for hydroxylation is 1. The van der Waals surface area contributed by atoms with Gasteiger partial charge in [-0.1, -0.05) is 18.2 Å². The van der Waals surface area contributed by atoms with E-state index in [1.165, 1.54) is 6.20 Å². The smallest absolute Gasteiger partial charge is 0.187 e. The fraction of sp³-hybridized carbons (Fsp3) is 0.133. The van der Waals surface area contributed by atoms with Gasteiger partial charge in [-0.25, -0.2) is 0 Å². The Hall–Kier alpha value is -2.69. The van der Waals surface area contributed by atoms with E-state index < -0.39 is 0 Å². The van der Waals surface area contributed by atoms with Crippen molar-refractivity contribution in [1.82, 2.24) is 14.8 Å². The molecule has 2 heterocycles. The number of nitrogen functional groups attached to an aromatic ring is 1. The van der Waals surface area contributed by atoms with Crippen LogP contribution in [0.3, 0.4) is 0 Å². The third-order valence-corrected chi connectivity index (χ3v) is 3.23. The van der Waals surface area contributed by atoms with Crippen molar-refractivity contribution in [2.75, 3.05) is 5.73 Å². The van der Waals surface area contributed by atoms with Crippen LogP contribution >= 0.6 is 0 Å². The normalized spacial score (nSPS) is 10.8. The molecular formula is C15H14N4O. The number of aromatic nitrogens is 3. The number of hydrogen-bond donors (Lipinski definition) is 1. The number of rotatable bonds is 3. The average molecular weight is 266 g/mol. The van der Waals surface area contributed by atoms with Crippen LogP contribution in [0.1, 0.15) is 16.2 Å². The summed E-state index contributed by atoms with van der Waals surface area (Å²) in [5.74, 6) is -0.0612. The highest BCUT2D eigenvalue weighted by atomic mass is 16.1. The third-order valence-electron chi connectivity index (χ3n) is 3.23. The molecule has 5 heteroatoms. The van der Waals surface area contributed by atoms with Crippen molar-refractivity contribution in [3.8, 4) is 0 Å². The molecule has 0 amide bonds. The van der Waals surface area contributed by atoms with Crippen LogP contribution in [0, 0.1) is 0 Å². The number of para-hydroxylation sites is 1. The summed E-state index contributed by atoms with van der Waals surface area (Å²) in [7, 11) is 1.87. The van der Waals surface area contributed by atoms with Crippen LogP contribution in [0.2, 0.25) is 0 Å². The van der Waals surface area contributed by atoms with E-state index in [0.717, 1.165) is 16.6 Å². The number of anilines is 1. The first-order valence-corrected chi connectivity index (χ1v) is 6.30. The minimum atomic E-state index is -0.0612. The van der Waals surface area contributed by atoms with Crippen LogP contribution in [0.25, 0.3) is 10.9 Å². The molecule has 0 saturated heterocycles. The lowest BCUT2D eigenvalue weighted by Crippen LogP contribution is -2.07. The Labute approximate surface area is 116 Å². The van der Waals surface area contributed by atoms with E-state index in [2.05, 4.69) is 10.1 Å². The SMILES string of the molecule is Cn1nc(CC(=O)c2ccc(N)cn2)c2ccccc21. The molecule has 0 aliphatic heterocycles. The molecule has 1 aromatic carbocycles. The van der Waals surface area contributed by atoms with E-state index in [9.17, 15) is 4.79 Å². The topological polar surface area (TPSA) is 73.8 Å². The summed E-state index contributed by atoms with van der Waals surface area (Å²) in [4.78, 5) is 16.3. The highest BCUT2D eigenvalue weighted by Crippen LogP contribution is 2.18. The molecule has 2 N–H and O–H groups in total. The monoisotopic (exact) mass is 266 g/mol. The first kappa shape index (κ1) is 12.3. The first-order valence-electron chi connectivity index (χ1n) is 6.30. The number of carbonyl (C=O) groups excluding carboxylic acids is 1. The van der Waals surface area contributed by atoms with Crippen molar-refractivity contribution in [3.05, 3.63) is 54.0 Å². The van der Waals surface area contributed by atoms with Crippen molar-refractivity contribution in [2.24, 2.45) is 7.05 Å². The maximum atomic E-state index is 12.2. The molecule has 3 aromatic rings. The Morgan fingerprint density at radius 2 is 2.05 bits per heavy atom. The maximum absolute atomic E-state index is 12.2. The predicted molar refractivity (Wildman–Crippen MR) is 77.4 cm³/mol. The molecule has 0 fully saturated rings. The second-order valence-corrected chi connectivity index (χ2v) is 4.66. The van der Waals surface area contributed by atoms with E-state index in [-0.39, 0.29) is 12.2 Å². The van der Waals surface area contributed by atoms with Gasteiger partial charge in [-0.2, -0.15) is 5.10 Å². The summed E-state index contributed by atoms with van der Waals surface area (Å²) < 4.78 is 1.79. The maximum Gasteiger partial charge on any atom is 0.187 e. The molecule has 5 nitrogen and oxygen atoms in total. The summed E-state index contributed by atoms with van der Waals surface area (Å²) in [5, 5.41) is 5.42. The van der Waals surface area contributed by atoms with Gasteiger partial charge in [0.25, 0.3) is 0 Å². The molecule has 0 spiro atoms. The number of benzene rings is 1. The van der Waals surface area contributed by atoms with Gasteiger partial charge >= 0.3 is 0 Å². The van der Waals surface area contributed by atoms with Gasteiger partial charge in [-0.3, -0.25) is 14.5 Å². The molecule has 0 radical (unpaired) electrons. The molecule has 0 unspecified atom stereocenters. The van der Waals surface area contributed by atoms with Crippen molar-refractivity contribution in [1.29, 1.82) is 0 Å². The Kier molecular flexibility index (Phi) is 2.95. The molecule has 20 heavy (non-hydrogen) atoms. The van der Waals surface area contributed by atoms with Crippen molar-refractivity contribution < 1.29 is 4.79 Å². The van der Waals surface area contributed by atoms with E-state index in [0.29, 0.717) is 11.4 Å². The summed E-state index contributed by atoms with van der Waals surface area (Å²) >= 11 is 0. The number of carbonyl (C=O) groups is 1. The van der Waals surface area contributed by atoms with Gasteiger partial charge in [0.1, 0.15) is 5.69 Å². The highest BCUT2D eigenvalue weighted by molar-refractivity contribution is 5.98. The van der Waals surface area contributed by atoms with Gasteiger partial charge in [-0.05, 0) is 18.2 Å². The minimum absolute atomic E-state index is 0.0612. The van der Waals surface area contributed by atoms with E-state index >= 15 is 0 Å². The Morgan fingerprint density at radius 3 is 2.80 bits per heavy atom. The number of hydrogen-bond acceptors (Lipinski definition) is 4. The fourth-order valence-electron chi connectivity index (χ4n) is 2.23. The van der Waals surface area contributed by atoms with Gasteiger partial charge in [0.15, 0.2) is 5.78 Å². The number of nitrogens with zero attached hydrogens (tertiary/aromatic N) is 3. The number of fused-ring (bicyclic) bond motifs is 1. The van der Waals surface area contributed by atoms with Crippen molar-refractivity contribution in [3.63, 3.8) is 0 Å². The quantitative estimate of drug-likeness (QED) is 0.735. The second-order valence-electron chi connectivity index (χ2n) is 4.66. The molecule has 0 atom stereocenters. The van der Waals surface area contributed by atoms with Crippen LogP contribution in [-0.4, -0.2) is 20.5 Å². The van der Waals surface area contributed by atoms with Crippen LogP contribution in [0.5, 0.6) is 0 Å². The highest BCUT2D eigenvalue weighted by Gasteiger charge is 2.14. The number of pyridine rings is 1. The zero-order valence-electron chi connectivity index (χ0n) is 11.1. The van der Waals surface area contributed by atoms with Crippen LogP contribution in [0.4, 0.5) is 5.69 Å². The Bertz CT molecular complexity index is 774. The lowest BCUT2D eigenvalue weighted by molar-refractivity contribution is 0.0987. The molecule has 3 rings (SSSR count). The lowest BCUT2D eigenvalue weighted by atomic mass is 10.1. The standard InChI is InChI=1S/C15H14N4O/c1-19-14-5-3-2-4-11(14)13(18-19)8-15(20)12-7-6-10(16)9-17-12/h2-7,9H,8,16H2,1H3. The third kappa shape index (κ3) is 2.14. The molecular weight excluding hydrogens is 252 g/mol. The van der Waals surface area contributed by atoms with Crippen LogP contribution in [0.15, 0.2) is 42.6 Å². The second kappa shape index (κ2) is 4.77. The largest absolute Gasteiger partial charge is 0.397 e. The molecule has 0 saturated carbocycles.